The van der Waals surface area contributed by atoms with Gasteiger partial charge in [0.2, 0.25) is 5.91 Å². The summed E-state index contributed by atoms with van der Waals surface area (Å²) < 4.78 is 0. The normalized spacial score (nSPS) is 18.9. The number of amides is 2. The number of carbonyl (C=O) groups excluding carboxylic acids is 2. The van der Waals surface area contributed by atoms with E-state index in [1.807, 2.05) is 32.0 Å². The summed E-state index contributed by atoms with van der Waals surface area (Å²) in [6.07, 6.45) is 3.70. The molecule has 0 spiro atoms. The zero-order valence-corrected chi connectivity index (χ0v) is 18.7. The summed E-state index contributed by atoms with van der Waals surface area (Å²) in [5.74, 6) is -0.0870. The highest BCUT2D eigenvalue weighted by molar-refractivity contribution is 7.13. The average molecular weight is 437 g/mol. The molecule has 2 N–H and O–H groups in total. The Morgan fingerprint density at radius 3 is 2.77 bits per heavy atom. The summed E-state index contributed by atoms with van der Waals surface area (Å²) in [7, 11) is 0. The molecule has 1 fully saturated rings. The van der Waals surface area contributed by atoms with E-state index >= 15 is 0 Å². The van der Waals surface area contributed by atoms with Crippen LogP contribution in [0.5, 0.6) is 0 Å². The molecule has 2 amide bonds. The molecule has 6 nitrogen and oxygen atoms in total. The number of piperidine rings is 1. The van der Waals surface area contributed by atoms with Gasteiger partial charge in [-0.3, -0.25) is 14.7 Å². The summed E-state index contributed by atoms with van der Waals surface area (Å²) in [6.45, 7) is 4.98. The second-order valence-electron chi connectivity index (χ2n) is 8.52. The largest absolute Gasteiger partial charge is 0.353 e. The Bertz CT molecular complexity index is 1030. The summed E-state index contributed by atoms with van der Waals surface area (Å²) in [4.78, 5) is 29.5. The van der Waals surface area contributed by atoms with Crippen LogP contribution < -0.4 is 5.32 Å². The number of hydrogen-bond donors (Lipinski definition) is 2. The SMILES string of the molecule is CC(C)NC(=O)[C@@]1(Cc2ccccc2-c2cccs2)CCCN(C(=O)c2ccn[nH]2)C1. The summed E-state index contributed by atoms with van der Waals surface area (Å²) in [5, 5.41) is 11.9. The van der Waals surface area contributed by atoms with Crippen LogP contribution >= 0.6 is 11.3 Å². The van der Waals surface area contributed by atoms with Crippen molar-refractivity contribution in [1.82, 2.24) is 20.4 Å². The van der Waals surface area contributed by atoms with Crippen molar-refractivity contribution in [3.63, 3.8) is 0 Å². The third-order valence-electron chi connectivity index (χ3n) is 5.83. The van der Waals surface area contributed by atoms with Crippen LogP contribution in [0.1, 0.15) is 42.7 Å². The Hall–Kier alpha value is -2.93. The number of nitrogens with zero attached hydrogens (tertiary/aromatic N) is 2. The standard InChI is InChI=1S/C24H28N4O2S/c1-17(2)26-23(30)24(11-6-13-28(16-24)22(29)20-10-12-25-27-20)15-18-7-3-4-8-19(18)21-9-5-14-31-21/h3-5,7-10,12,14,17H,6,11,13,15-16H2,1-2H3,(H,25,27)(H,26,30)/t24-/m1/s1. The van der Waals surface area contributed by atoms with E-state index in [1.165, 1.54) is 4.88 Å². The quantitative estimate of drug-likeness (QED) is 0.610. The molecule has 1 saturated heterocycles. The van der Waals surface area contributed by atoms with E-state index in [0.717, 1.165) is 24.0 Å². The van der Waals surface area contributed by atoms with Gasteiger partial charge >= 0.3 is 0 Å². The Balaban J connectivity index is 1.68. The number of benzene rings is 1. The fourth-order valence-corrected chi connectivity index (χ4v) is 5.17. The molecule has 1 aliphatic heterocycles. The van der Waals surface area contributed by atoms with Crippen molar-refractivity contribution in [2.24, 2.45) is 5.41 Å². The van der Waals surface area contributed by atoms with Crippen molar-refractivity contribution in [3.8, 4) is 10.4 Å². The molecule has 2 aromatic heterocycles. The highest BCUT2D eigenvalue weighted by Crippen LogP contribution is 2.38. The monoisotopic (exact) mass is 436 g/mol. The minimum atomic E-state index is -0.675. The number of aromatic amines is 1. The Morgan fingerprint density at radius 2 is 2.06 bits per heavy atom. The van der Waals surface area contributed by atoms with Gasteiger partial charge in [-0.1, -0.05) is 30.3 Å². The van der Waals surface area contributed by atoms with Gasteiger partial charge in [0.15, 0.2) is 0 Å². The van der Waals surface area contributed by atoms with Crippen LogP contribution in [0, 0.1) is 5.41 Å². The number of carbonyl (C=O) groups is 2. The van der Waals surface area contributed by atoms with Crippen LogP contribution in [0.4, 0.5) is 0 Å². The van der Waals surface area contributed by atoms with Crippen LogP contribution in [0.25, 0.3) is 10.4 Å². The fourth-order valence-electron chi connectivity index (χ4n) is 4.39. The topological polar surface area (TPSA) is 78.1 Å². The Kier molecular flexibility index (Phi) is 6.23. The van der Waals surface area contributed by atoms with E-state index in [-0.39, 0.29) is 17.9 Å². The molecule has 0 aliphatic carbocycles. The molecule has 0 saturated carbocycles. The van der Waals surface area contributed by atoms with Crippen molar-refractivity contribution in [1.29, 1.82) is 0 Å². The Morgan fingerprint density at radius 1 is 1.23 bits per heavy atom. The third kappa shape index (κ3) is 4.56. The molecule has 1 aliphatic rings. The fraction of sp³-hybridized carbons (Fsp3) is 0.375. The van der Waals surface area contributed by atoms with Gasteiger partial charge in [-0.25, -0.2) is 0 Å². The third-order valence-corrected chi connectivity index (χ3v) is 6.73. The first-order valence-electron chi connectivity index (χ1n) is 10.7. The number of aromatic nitrogens is 2. The lowest BCUT2D eigenvalue weighted by molar-refractivity contribution is -0.134. The van der Waals surface area contributed by atoms with Crippen LogP contribution in [0.15, 0.2) is 54.0 Å². The van der Waals surface area contributed by atoms with E-state index in [2.05, 4.69) is 39.1 Å². The maximum absolute atomic E-state index is 13.5. The first kappa shape index (κ1) is 21.3. The van der Waals surface area contributed by atoms with Gasteiger partial charge in [0, 0.05) is 30.2 Å². The van der Waals surface area contributed by atoms with Gasteiger partial charge < -0.3 is 10.2 Å². The number of likely N-dealkylation sites (tertiary alicyclic amines) is 1. The van der Waals surface area contributed by atoms with Crippen LogP contribution in [0.2, 0.25) is 0 Å². The highest BCUT2D eigenvalue weighted by Gasteiger charge is 2.44. The number of thiophene rings is 1. The van der Waals surface area contributed by atoms with E-state index in [0.29, 0.717) is 25.2 Å². The number of rotatable bonds is 6. The van der Waals surface area contributed by atoms with Gasteiger partial charge in [0.1, 0.15) is 5.69 Å². The first-order chi connectivity index (χ1) is 15.0. The molecule has 7 heteroatoms. The van der Waals surface area contributed by atoms with Gasteiger partial charge in [0.05, 0.1) is 5.41 Å². The lowest BCUT2D eigenvalue weighted by Crippen LogP contribution is -2.55. The summed E-state index contributed by atoms with van der Waals surface area (Å²) in [5.41, 5.74) is 2.08. The lowest BCUT2D eigenvalue weighted by Gasteiger charge is -2.42. The predicted octanol–water partition coefficient (Wildman–Crippen LogP) is 4.13. The molecule has 0 radical (unpaired) electrons. The van der Waals surface area contributed by atoms with Crippen LogP contribution in [0.3, 0.4) is 0 Å². The maximum Gasteiger partial charge on any atom is 0.271 e. The second-order valence-corrected chi connectivity index (χ2v) is 9.47. The molecule has 0 bridgehead atoms. The highest BCUT2D eigenvalue weighted by atomic mass is 32.1. The molecule has 0 unspecified atom stereocenters. The van der Waals surface area contributed by atoms with Gasteiger partial charge in [0.25, 0.3) is 5.91 Å². The van der Waals surface area contributed by atoms with E-state index in [4.69, 9.17) is 0 Å². The van der Waals surface area contributed by atoms with E-state index in [1.54, 1.807) is 28.5 Å². The first-order valence-corrected chi connectivity index (χ1v) is 11.6. The van der Waals surface area contributed by atoms with Crippen molar-refractivity contribution in [2.45, 2.75) is 39.2 Å². The van der Waals surface area contributed by atoms with Crippen molar-refractivity contribution < 1.29 is 9.59 Å². The van der Waals surface area contributed by atoms with Crippen molar-refractivity contribution in [2.75, 3.05) is 13.1 Å². The van der Waals surface area contributed by atoms with Crippen molar-refractivity contribution >= 4 is 23.2 Å². The second kappa shape index (κ2) is 9.06. The Labute approximate surface area is 186 Å². The van der Waals surface area contributed by atoms with Crippen LogP contribution in [-0.2, 0) is 11.2 Å². The molecule has 162 valence electrons. The van der Waals surface area contributed by atoms with Crippen LogP contribution in [-0.4, -0.2) is 46.0 Å². The van der Waals surface area contributed by atoms with Gasteiger partial charge in [-0.15, -0.1) is 11.3 Å². The molecule has 3 aromatic rings. The predicted molar refractivity (Wildman–Crippen MR) is 123 cm³/mol. The zero-order chi connectivity index (χ0) is 21.8. The van der Waals surface area contributed by atoms with Crippen molar-refractivity contribution in [3.05, 3.63) is 65.3 Å². The molecule has 3 heterocycles. The smallest absolute Gasteiger partial charge is 0.271 e. The number of nitrogens with one attached hydrogen (secondary N) is 2. The number of hydrogen-bond acceptors (Lipinski definition) is 4. The summed E-state index contributed by atoms with van der Waals surface area (Å²) >= 11 is 1.70. The molecular formula is C24H28N4O2S. The molecule has 4 rings (SSSR count). The molecule has 1 aromatic carbocycles. The van der Waals surface area contributed by atoms with E-state index in [9.17, 15) is 9.59 Å². The molecule has 31 heavy (non-hydrogen) atoms. The van der Waals surface area contributed by atoms with Gasteiger partial charge in [-0.05, 0) is 61.7 Å². The average Bonchev–Trinajstić information content (AvgIpc) is 3.48. The van der Waals surface area contributed by atoms with Gasteiger partial charge in [-0.2, -0.15) is 5.10 Å². The molecule has 1 atom stereocenters. The maximum atomic E-state index is 13.5. The lowest BCUT2D eigenvalue weighted by atomic mass is 9.73. The van der Waals surface area contributed by atoms with E-state index < -0.39 is 5.41 Å². The zero-order valence-electron chi connectivity index (χ0n) is 17.9. The summed E-state index contributed by atoms with van der Waals surface area (Å²) in [6, 6.07) is 14.2. The molecular weight excluding hydrogens is 408 g/mol. The number of H-pyrrole nitrogens is 1. The minimum absolute atomic E-state index is 0.0191. The minimum Gasteiger partial charge on any atom is -0.353 e.